The van der Waals surface area contributed by atoms with E-state index in [2.05, 4.69) is 59.5 Å². The molecule has 1 heterocycles. The van der Waals surface area contributed by atoms with Gasteiger partial charge in [-0.05, 0) is 36.0 Å². The zero-order chi connectivity index (χ0) is 13.4. The van der Waals surface area contributed by atoms with Crippen molar-refractivity contribution in [1.82, 2.24) is 4.90 Å². The largest absolute Gasteiger partial charge is 0.297 e. The molecule has 0 radical (unpaired) electrons. The molecular formula is C19H21N. The zero-order valence-electron chi connectivity index (χ0n) is 11.9. The first-order valence-electron chi connectivity index (χ1n) is 7.70. The SMILES string of the molecule is c1ccc(CN2CC3(CCCc4ccccc43)C2)cc1. The molecule has 0 bridgehead atoms. The van der Waals surface area contributed by atoms with Crippen molar-refractivity contribution in [3.8, 4) is 0 Å². The van der Waals surface area contributed by atoms with Crippen LogP contribution in [0.25, 0.3) is 0 Å². The molecule has 1 spiro atoms. The highest BCUT2D eigenvalue weighted by atomic mass is 15.2. The van der Waals surface area contributed by atoms with Gasteiger partial charge in [-0.25, -0.2) is 0 Å². The molecule has 2 aromatic rings. The Hall–Kier alpha value is -1.60. The van der Waals surface area contributed by atoms with Gasteiger partial charge in [0.1, 0.15) is 0 Å². The second-order valence-electron chi connectivity index (χ2n) is 6.42. The Balaban J connectivity index is 1.51. The van der Waals surface area contributed by atoms with E-state index in [1.54, 1.807) is 11.1 Å². The minimum absolute atomic E-state index is 0.462. The minimum Gasteiger partial charge on any atom is -0.297 e. The number of aryl methyl sites for hydroxylation is 1. The maximum Gasteiger partial charge on any atom is 0.0234 e. The lowest BCUT2D eigenvalue weighted by atomic mass is 9.65. The average Bonchev–Trinajstić information content (AvgIpc) is 2.47. The van der Waals surface area contributed by atoms with Crippen LogP contribution in [0, 0.1) is 0 Å². The third-order valence-corrected chi connectivity index (χ3v) is 4.99. The Morgan fingerprint density at radius 3 is 2.50 bits per heavy atom. The first-order chi connectivity index (χ1) is 9.86. The van der Waals surface area contributed by atoms with Crippen molar-refractivity contribution in [2.45, 2.75) is 31.2 Å². The Morgan fingerprint density at radius 1 is 0.900 bits per heavy atom. The lowest BCUT2D eigenvalue weighted by Gasteiger charge is -2.53. The molecule has 1 heteroatoms. The van der Waals surface area contributed by atoms with Gasteiger partial charge in [0.2, 0.25) is 0 Å². The van der Waals surface area contributed by atoms with Crippen LogP contribution in [0.5, 0.6) is 0 Å². The Morgan fingerprint density at radius 2 is 1.65 bits per heavy atom. The second kappa shape index (κ2) is 4.75. The van der Waals surface area contributed by atoms with Crippen molar-refractivity contribution < 1.29 is 0 Å². The van der Waals surface area contributed by atoms with Crippen LogP contribution in [0.3, 0.4) is 0 Å². The number of fused-ring (bicyclic) bond motifs is 2. The molecule has 1 fully saturated rings. The smallest absolute Gasteiger partial charge is 0.0234 e. The molecule has 1 nitrogen and oxygen atoms in total. The van der Waals surface area contributed by atoms with Crippen LogP contribution in [-0.4, -0.2) is 18.0 Å². The molecule has 1 aliphatic heterocycles. The molecule has 2 aliphatic rings. The maximum absolute atomic E-state index is 2.59. The highest BCUT2D eigenvalue weighted by Gasteiger charge is 2.45. The number of likely N-dealkylation sites (tertiary alicyclic amines) is 1. The van der Waals surface area contributed by atoms with Crippen LogP contribution in [0.15, 0.2) is 54.6 Å². The fourth-order valence-electron chi connectivity index (χ4n) is 4.10. The van der Waals surface area contributed by atoms with E-state index in [1.165, 1.54) is 37.9 Å². The zero-order valence-corrected chi connectivity index (χ0v) is 11.9. The van der Waals surface area contributed by atoms with Crippen molar-refractivity contribution in [3.63, 3.8) is 0 Å². The Bertz CT molecular complexity index is 596. The highest BCUT2D eigenvalue weighted by molar-refractivity contribution is 5.39. The summed E-state index contributed by atoms with van der Waals surface area (Å²) in [7, 11) is 0. The number of hydrogen-bond donors (Lipinski definition) is 0. The highest BCUT2D eigenvalue weighted by Crippen LogP contribution is 2.44. The summed E-state index contributed by atoms with van der Waals surface area (Å²) in [6, 6.07) is 20.0. The topological polar surface area (TPSA) is 3.24 Å². The van der Waals surface area contributed by atoms with E-state index < -0.39 is 0 Å². The average molecular weight is 263 g/mol. The van der Waals surface area contributed by atoms with E-state index in [1.807, 2.05) is 0 Å². The molecule has 1 saturated heterocycles. The van der Waals surface area contributed by atoms with Gasteiger partial charge < -0.3 is 0 Å². The Labute approximate surface area is 121 Å². The van der Waals surface area contributed by atoms with Crippen molar-refractivity contribution in [1.29, 1.82) is 0 Å². The lowest BCUT2D eigenvalue weighted by Crippen LogP contribution is -2.59. The summed E-state index contributed by atoms with van der Waals surface area (Å²) >= 11 is 0. The Kier molecular flexibility index (Phi) is 2.89. The summed E-state index contributed by atoms with van der Waals surface area (Å²) in [5, 5.41) is 0. The molecule has 0 saturated carbocycles. The van der Waals surface area contributed by atoms with Crippen LogP contribution < -0.4 is 0 Å². The van der Waals surface area contributed by atoms with Crippen molar-refractivity contribution in [3.05, 3.63) is 71.3 Å². The van der Waals surface area contributed by atoms with Crippen LogP contribution in [0.2, 0.25) is 0 Å². The number of nitrogens with zero attached hydrogens (tertiary/aromatic N) is 1. The van der Waals surface area contributed by atoms with E-state index in [9.17, 15) is 0 Å². The van der Waals surface area contributed by atoms with Crippen LogP contribution >= 0.6 is 0 Å². The summed E-state index contributed by atoms with van der Waals surface area (Å²) in [4.78, 5) is 2.59. The number of hydrogen-bond acceptors (Lipinski definition) is 1. The van der Waals surface area contributed by atoms with Crippen LogP contribution in [0.1, 0.15) is 29.5 Å². The van der Waals surface area contributed by atoms with Gasteiger partial charge in [0, 0.05) is 25.0 Å². The van der Waals surface area contributed by atoms with Crippen molar-refractivity contribution >= 4 is 0 Å². The van der Waals surface area contributed by atoms with Crippen LogP contribution in [-0.2, 0) is 18.4 Å². The molecule has 1 aliphatic carbocycles. The predicted molar refractivity (Wildman–Crippen MR) is 82.8 cm³/mol. The first-order valence-corrected chi connectivity index (χ1v) is 7.70. The third-order valence-electron chi connectivity index (χ3n) is 4.99. The van der Waals surface area contributed by atoms with Gasteiger partial charge >= 0.3 is 0 Å². The summed E-state index contributed by atoms with van der Waals surface area (Å²) in [6.07, 6.45) is 4.00. The first kappa shape index (κ1) is 12.2. The molecule has 0 N–H and O–H groups in total. The van der Waals surface area contributed by atoms with Gasteiger partial charge in [-0.1, -0.05) is 54.6 Å². The maximum atomic E-state index is 2.59. The van der Waals surface area contributed by atoms with Gasteiger partial charge in [-0.3, -0.25) is 4.90 Å². The molecule has 2 aromatic carbocycles. The van der Waals surface area contributed by atoms with Gasteiger partial charge in [0.25, 0.3) is 0 Å². The monoisotopic (exact) mass is 263 g/mol. The fourth-order valence-corrected chi connectivity index (χ4v) is 4.10. The van der Waals surface area contributed by atoms with Crippen molar-refractivity contribution in [2.75, 3.05) is 13.1 Å². The summed E-state index contributed by atoms with van der Waals surface area (Å²) < 4.78 is 0. The van der Waals surface area contributed by atoms with Gasteiger partial charge in [0.05, 0.1) is 0 Å². The van der Waals surface area contributed by atoms with Crippen molar-refractivity contribution in [2.24, 2.45) is 0 Å². The van der Waals surface area contributed by atoms with Gasteiger partial charge in [-0.2, -0.15) is 0 Å². The molecular weight excluding hydrogens is 242 g/mol. The second-order valence-corrected chi connectivity index (χ2v) is 6.42. The molecule has 0 amide bonds. The lowest BCUT2D eigenvalue weighted by molar-refractivity contribution is 0.0445. The molecule has 4 rings (SSSR count). The van der Waals surface area contributed by atoms with Gasteiger partial charge in [0.15, 0.2) is 0 Å². The number of rotatable bonds is 2. The van der Waals surface area contributed by atoms with E-state index in [0.717, 1.165) is 6.54 Å². The normalized spacial score (nSPS) is 20.4. The van der Waals surface area contributed by atoms with E-state index in [0.29, 0.717) is 5.41 Å². The molecule has 102 valence electrons. The molecule has 0 atom stereocenters. The quantitative estimate of drug-likeness (QED) is 0.797. The van der Waals surface area contributed by atoms with Gasteiger partial charge in [-0.15, -0.1) is 0 Å². The van der Waals surface area contributed by atoms with Crippen LogP contribution in [0.4, 0.5) is 0 Å². The van der Waals surface area contributed by atoms with E-state index in [4.69, 9.17) is 0 Å². The molecule has 0 unspecified atom stereocenters. The minimum atomic E-state index is 0.462. The summed E-state index contributed by atoms with van der Waals surface area (Å²) in [6.45, 7) is 3.57. The van der Waals surface area contributed by atoms with E-state index in [-0.39, 0.29) is 0 Å². The standard InChI is InChI=1S/C19H21N/c1-2-7-16(8-3-1)13-20-14-19(15-20)12-6-10-17-9-4-5-11-18(17)19/h1-5,7-9,11H,6,10,12-15H2. The predicted octanol–water partition coefficient (Wildman–Crippen LogP) is 3.78. The number of benzene rings is 2. The van der Waals surface area contributed by atoms with E-state index >= 15 is 0 Å². The summed E-state index contributed by atoms with van der Waals surface area (Å²) in [5.41, 5.74) is 5.13. The third kappa shape index (κ3) is 1.97. The molecule has 0 aromatic heterocycles. The molecule has 20 heavy (non-hydrogen) atoms. The summed E-state index contributed by atoms with van der Waals surface area (Å²) in [5.74, 6) is 0. The fraction of sp³-hybridized carbons (Fsp3) is 0.368.